The first kappa shape index (κ1) is 14.4. The van der Waals surface area contributed by atoms with E-state index in [1.165, 1.54) is 6.42 Å². The van der Waals surface area contributed by atoms with Gasteiger partial charge in [0, 0.05) is 30.6 Å². The second-order valence-corrected chi connectivity index (χ2v) is 6.32. The van der Waals surface area contributed by atoms with Crippen LogP contribution in [0.4, 0.5) is 0 Å². The molecule has 0 saturated carbocycles. The van der Waals surface area contributed by atoms with E-state index >= 15 is 0 Å². The largest absolute Gasteiger partial charge is 0.387 e. The van der Waals surface area contributed by atoms with Crippen LogP contribution in [0.5, 0.6) is 0 Å². The average molecular weight is 276 g/mol. The summed E-state index contributed by atoms with van der Waals surface area (Å²) in [5, 5.41) is 19.7. The highest BCUT2D eigenvalue weighted by molar-refractivity contribution is 8.00. The minimum absolute atomic E-state index is 0.464. The molecule has 0 aliphatic carbocycles. The monoisotopic (exact) mass is 276 g/mol. The first-order chi connectivity index (χ1) is 9.22. The van der Waals surface area contributed by atoms with Gasteiger partial charge in [0.25, 0.3) is 0 Å². The number of rotatable bonds is 4. The average Bonchev–Trinajstić information content (AvgIpc) is 2.47. The lowest BCUT2D eigenvalue weighted by molar-refractivity contribution is 0.115. The Morgan fingerprint density at radius 3 is 2.84 bits per heavy atom. The van der Waals surface area contributed by atoms with E-state index in [0.717, 1.165) is 24.4 Å². The molecule has 2 unspecified atom stereocenters. The summed E-state index contributed by atoms with van der Waals surface area (Å²) in [6.45, 7) is 5.02. The van der Waals surface area contributed by atoms with E-state index < -0.39 is 6.10 Å². The zero-order chi connectivity index (χ0) is 13.7. The Morgan fingerprint density at radius 2 is 2.21 bits per heavy atom. The molecular weight excluding hydrogens is 256 g/mol. The summed E-state index contributed by atoms with van der Waals surface area (Å²) < 4.78 is 0. The van der Waals surface area contributed by atoms with Crippen LogP contribution in [0.25, 0.3) is 0 Å². The number of nitriles is 1. The van der Waals surface area contributed by atoms with Crippen LogP contribution in [0.1, 0.15) is 30.6 Å². The van der Waals surface area contributed by atoms with Crippen molar-refractivity contribution in [1.29, 1.82) is 5.26 Å². The molecular formula is C15H20N2OS. The molecule has 4 heteroatoms. The predicted molar refractivity (Wildman–Crippen MR) is 79.1 cm³/mol. The van der Waals surface area contributed by atoms with Gasteiger partial charge in [-0.2, -0.15) is 17.0 Å². The molecule has 1 aromatic carbocycles. The lowest BCUT2D eigenvalue weighted by Gasteiger charge is -2.33. The standard InChI is InChI=1S/C15H20N2OS/c1-2-14-10-17(7-8-19-14)11-15(18)13-5-3-12(9-16)4-6-13/h3-6,14-15,18H,2,7-8,10-11H2,1H3. The Labute approximate surface area is 119 Å². The van der Waals surface area contributed by atoms with Gasteiger partial charge >= 0.3 is 0 Å². The van der Waals surface area contributed by atoms with Crippen molar-refractivity contribution in [2.75, 3.05) is 25.4 Å². The number of aliphatic hydroxyl groups is 1. The van der Waals surface area contributed by atoms with Gasteiger partial charge in [0.1, 0.15) is 0 Å². The third kappa shape index (κ3) is 3.97. The fourth-order valence-electron chi connectivity index (χ4n) is 2.32. The van der Waals surface area contributed by atoms with Crippen molar-refractivity contribution in [3.63, 3.8) is 0 Å². The van der Waals surface area contributed by atoms with Gasteiger partial charge in [-0.25, -0.2) is 0 Å². The van der Waals surface area contributed by atoms with Crippen LogP contribution in [-0.2, 0) is 0 Å². The first-order valence-corrected chi connectivity index (χ1v) is 7.80. The molecule has 1 aliphatic heterocycles. The second kappa shape index (κ2) is 6.95. The predicted octanol–water partition coefficient (Wildman–Crippen LogP) is 2.42. The Kier molecular flexibility index (Phi) is 5.26. The fraction of sp³-hybridized carbons (Fsp3) is 0.533. The van der Waals surface area contributed by atoms with E-state index in [1.54, 1.807) is 12.1 Å². The Bertz CT molecular complexity index is 440. The number of aliphatic hydroxyl groups excluding tert-OH is 1. The van der Waals surface area contributed by atoms with Crippen molar-refractivity contribution in [2.24, 2.45) is 0 Å². The quantitative estimate of drug-likeness (QED) is 0.917. The summed E-state index contributed by atoms with van der Waals surface area (Å²) in [5.74, 6) is 1.15. The van der Waals surface area contributed by atoms with Crippen molar-refractivity contribution in [1.82, 2.24) is 4.90 Å². The molecule has 1 heterocycles. The number of nitrogens with zero attached hydrogens (tertiary/aromatic N) is 2. The number of thioether (sulfide) groups is 1. The van der Waals surface area contributed by atoms with Crippen molar-refractivity contribution >= 4 is 11.8 Å². The molecule has 1 fully saturated rings. The summed E-state index contributed by atoms with van der Waals surface area (Å²) in [7, 11) is 0. The third-order valence-corrected chi connectivity index (χ3v) is 4.91. The lowest BCUT2D eigenvalue weighted by atomic mass is 10.1. The first-order valence-electron chi connectivity index (χ1n) is 6.75. The highest BCUT2D eigenvalue weighted by Crippen LogP contribution is 2.23. The van der Waals surface area contributed by atoms with Crippen LogP contribution < -0.4 is 0 Å². The van der Waals surface area contributed by atoms with Crippen LogP contribution in [-0.4, -0.2) is 40.6 Å². The van der Waals surface area contributed by atoms with Gasteiger partial charge < -0.3 is 5.11 Å². The molecule has 2 rings (SSSR count). The van der Waals surface area contributed by atoms with Gasteiger partial charge in [-0.15, -0.1) is 0 Å². The van der Waals surface area contributed by atoms with Gasteiger partial charge in [0.15, 0.2) is 0 Å². The van der Waals surface area contributed by atoms with Gasteiger partial charge in [-0.1, -0.05) is 19.1 Å². The molecule has 0 radical (unpaired) electrons. The highest BCUT2D eigenvalue weighted by Gasteiger charge is 2.21. The molecule has 0 aromatic heterocycles. The highest BCUT2D eigenvalue weighted by atomic mass is 32.2. The smallest absolute Gasteiger partial charge is 0.0991 e. The Balaban J connectivity index is 1.92. The maximum Gasteiger partial charge on any atom is 0.0991 e. The molecule has 1 N–H and O–H groups in total. The van der Waals surface area contributed by atoms with Crippen LogP contribution in [0.3, 0.4) is 0 Å². The summed E-state index contributed by atoms with van der Waals surface area (Å²) in [4.78, 5) is 2.34. The van der Waals surface area contributed by atoms with E-state index in [4.69, 9.17) is 5.26 Å². The molecule has 102 valence electrons. The summed E-state index contributed by atoms with van der Waals surface area (Å²) in [6.07, 6.45) is 0.724. The minimum atomic E-state index is -0.464. The van der Waals surface area contributed by atoms with Crippen molar-refractivity contribution in [2.45, 2.75) is 24.7 Å². The Hall–Kier alpha value is -1.02. The number of benzene rings is 1. The summed E-state index contributed by atoms with van der Waals surface area (Å²) >= 11 is 2.04. The lowest BCUT2D eigenvalue weighted by Crippen LogP contribution is -2.39. The van der Waals surface area contributed by atoms with Crippen LogP contribution >= 0.6 is 11.8 Å². The molecule has 1 aromatic rings. The normalized spacial score (nSPS) is 21.8. The van der Waals surface area contributed by atoms with Gasteiger partial charge in [-0.05, 0) is 24.1 Å². The van der Waals surface area contributed by atoms with Crippen LogP contribution in [0.15, 0.2) is 24.3 Å². The van der Waals surface area contributed by atoms with E-state index in [1.807, 2.05) is 23.9 Å². The zero-order valence-corrected chi connectivity index (χ0v) is 12.1. The molecule has 1 aliphatic rings. The molecule has 0 amide bonds. The zero-order valence-electron chi connectivity index (χ0n) is 11.2. The minimum Gasteiger partial charge on any atom is -0.387 e. The fourth-order valence-corrected chi connectivity index (χ4v) is 3.57. The molecule has 2 atom stereocenters. The van der Waals surface area contributed by atoms with E-state index in [-0.39, 0.29) is 0 Å². The molecule has 3 nitrogen and oxygen atoms in total. The van der Waals surface area contributed by atoms with E-state index in [9.17, 15) is 5.11 Å². The number of β-amino-alcohol motifs (C(OH)–C–C–N with tert-alkyl or cyclic N) is 1. The van der Waals surface area contributed by atoms with Gasteiger partial charge in [-0.3, -0.25) is 4.90 Å². The van der Waals surface area contributed by atoms with E-state index in [2.05, 4.69) is 17.9 Å². The number of hydrogen-bond donors (Lipinski definition) is 1. The van der Waals surface area contributed by atoms with Crippen molar-refractivity contribution < 1.29 is 5.11 Å². The summed E-state index contributed by atoms with van der Waals surface area (Å²) in [6, 6.07) is 9.31. The second-order valence-electron chi connectivity index (χ2n) is 4.91. The van der Waals surface area contributed by atoms with E-state index in [0.29, 0.717) is 17.4 Å². The molecule has 19 heavy (non-hydrogen) atoms. The molecule has 0 bridgehead atoms. The van der Waals surface area contributed by atoms with Crippen molar-refractivity contribution in [3.8, 4) is 6.07 Å². The third-order valence-electron chi connectivity index (χ3n) is 3.53. The van der Waals surface area contributed by atoms with Crippen molar-refractivity contribution in [3.05, 3.63) is 35.4 Å². The maximum atomic E-state index is 10.3. The molecule has 1 saturated heterocycles. The number of hydrogen-bond acceptors (Lipinski definition) is 4. The topological polar surface area (TPSA) is 47.3 Å². The maximum absolute atomic E-state index is 10.3. The Morgan fingerprint density at radius 1 is 1.47 bits per heavy atom. The van der Waals surface area contributed by atoms with Gasteiger partial charge in [0.2, 0.25) is 0 Å². The van der Waals surface area contributed by atoms with Crippen LogP contribution in [0.2, 0.25) is 0 Å². The summed E-state index contributed by atoms with van der Waals surface area (Å²) in [5.41, 5.74) is 1.53. The SMILES string of the molecule is CCC1CN(CC(O)c2ccc(C#N)cc2)CCS1. The van der Waals surface area contributed by atoms with Gasteiger partial charge in [0.05, 0.1) is 17.7 Å². The molecule has 0 spiro atoms. The van der Waals surface area contributed by atoms with Crippen LogP contribution in [0, 0.1) is 11.3 Å².